The summed E-state index contributed by atoms with van der Waals surface area (Å²) < 4.78 is 32.3. The predicted octanol–water partition coefficient (Wildman–Crippen LogP) is 1.88. The SMILES string of the molecule is COc1ccc(S(=O)(=O)N2C[C@@H]3CCC[C@@]3(C(=O)O)C2)c(C)c1. The van der Waals surface area contributed by atoms with E-state index in [4.69, 9.17) is 4.74 Å². The smallest absolute Gasteiger partial charge is 0.311 e. The molecule has 6 nitrogen and oxygen atoms in total. The van der Waals surface area contributed by atoms with E-state index in [1.54, 1.807) is 19.1 Å². The number of ether oxygens (including phenoxy) is 1. The number of fused-ring (bicyclic) bond motifs is 1. The Morgan fingerprint density at radius 3 is 2.74 bits per heavy atom. The zero-order valence-electron chi connectivity index (χ0n) is 13.3. The van der Waals surface area contributed by atoms with Gasteiger partial charge in [-0.25, -0.2) is 8.42 Å². The normalized spacial score (nSPS) is 27.8. The molecule has 0 amide bonds. The topological polar surface area (TPSA) is 83.9 Å². The molecule has 0 spiro atoms. The number of carbonyl (C=O) groups is 1. The number of aliphatic carboxylic acids is 1. The van der Waals surface area contributed by atoms with Crippen LogP contribution in [0.5, 0.6) is 5.75 Å². The van der Waals surface area contributed by atoms with Gasteiger partial charge in [0.1, 0.15) is 5.75 Å². The molecule has 2 atom stereocenters. The first-order chi connectivity index (χ1) is 10.8. The summed E-state index contributed by atoms with van der Waals surface area (Å²) in [4.78, 5) is 11.9. The second-order valence-corrected chi connectivity index (χ2v) is 8.39. The van der Waals surface area contributed by atoms with Gasteiger partial charge in [-0.3, -0.25) is 4.79 Å². The van der Waals surface area contributed by atoms with Gasteiger partial charge in [0.2, 0.25) is 10.0 Å². The van der Waals surface area contributed by atoms with Crippen molar-refractivity contribution in [2.45, 2.75) is 31.1 Å². The van der Waals surface area contributed by atoms with E-state index in [2.05, 4.69) is 0 Å². The third-order valence-electron chi connectivity index (χ3n) is 5.27. The Morgan fingerprint density at radius 1 is 1.43 bits per heavy atom. The Labute approximate surface area is 136 Å². The highest BCUT2D eigenvalue weighted by atomic mass is 32.2. The van der Waals surface area contributed by atoms with Gasteiger partial charge in [-0.15, -0.1) is 0 Å². The molecule has 1 aromatic carbocycles. The van der Waals surface area contributed by atoms with Crippen molar-refractivity contribution in [3.8, 4) is 5.75 Å². The lowest BCUT2D eigenvalue weighted by molar-refractivity contribution is -0.149. The van der Waals surface area contributed by atoms with E-state index in [0.29, 0.717) is 24.3 Å². The van der Waals surface area contributed by atoms with Crippen LogP contribution < -0.4 is 4.74 Å². The number of sulfonamides is 1. The van der Waals surface area contributed by atoms with Gasteiger partial charge in [-0.2, -0.15) is 4.31 Å². The molecule has 0 unspecified atom stereocenters. The molecule has 2 fully saturated rings. The third kappa shape index (κ3) is 2.42. The number of benzene rings is 1. The molecule has 1 heterocycles. The van der Waals surface area contributed by atoms with Crippen molar-refractivity contribution in [2.75, 3.05) is 20.2 Å². The van der Waals surface area contributed by atoms with Gasteiger partial charge in [0, 0.05) is 13.1 Å². The first kappa shape index (κ1) is 16.3. The maximum Gasteiger partial charge on any atom is 0.311 e. The molecule has 23 heavy (non-hydrogen) atoms. The molecule has 7 heteroatoms. The van der Waals surface area contributed by atoms with Gasteiger partial charge in [0.25, 0.3) is 0 Å². The summed E-state index contributed by atoms with van der Waals surface area (Å²) >= 11 is 0. The molecule has 1 saturated carbocycles. The van der Waals surface area contributed by atoms with E-state index < -0.39 is 21.4 Å². The van der Waals surface area contributed by atoms with Crippen LogP contribution in [0.25, 0.3) is 0 Å². The van der Waals surface area contributed by atoms with Gasteiger partial charge >= 0.3 is 5.97 Å². The number of aryl methyl sites for hydroxylation is 1. The number of hydrogen-bond acceptors (Lipinski definition) is 4. The zero-order valence-corrected chi connectivity index (χ0v) is 14.1. The summed E-state index contributed by atoms with van der Waals surface area (Å²) in [5.74, 6) is -0.362. The minimum atomic E-state index is -3.69. The summed E-state index contributed by atoms with van der Waals surface area (Å²) in [6.07, 6.45) is 2.19. The van der Waals surface area contributed by atoms with Crippen molar-refractivity contribution in [3.05, 3.63) is 23.8 Å². The minimum Gasteiger partial charge on any atom is -0.497 e. The highest BCUT2D eigenvalue weighted by Crippen LogP contribution is 2.50. The van der Waals surface area contributed by atoms with Crippen molar-refractivity contribution in [2.24, 2.45) is 11.3 Å². The van der Waals surface area contributed by atoms with E-state index in [0.717, 1.165) is 12.8 Å². The Kier molecular flexibility index (Phi) is 3.88. The highest BCUT2D eigenvalue weighted by molar-refractivity contribution is 7.89. The Morgan fingerprint density at radius 2 is 2.17 bits per heavy atom. The molecule has 1 aromatic rings. The molecule has 1 N–H and O–H groups in total. The maximum absolute atomic E-state index is 12.9. The van der Waals surface area contributed by atoms with E-state index in [-0.39, 0.29) is 17.4 Å². The van der Waals surface area contributed by atoms with Gasteiger partial charge in [0.15, 0.2) is 0 Å². The van der Waals surface area contributed by atoms with Gasteiger partial charge in [-0.1, -0.05) is 6.42 Å². The second-order valence-electron chi connectivity index (χ2n) is 6.48. The van der Waals surface area contributed by atoms with E-state index in [9.17, 15) is 18.3 Å². The van der Waals surface area contributed by atoms with Crippen molar-refractivity contribution in [1.82, 2.24) is 4.31 Å². The number of methoxy groups -OCH3 is 1. The van der Waals surface area contributed by atoms with Crippen LogP contribution in [0.3, 0.4) is 0 Å². The lowest BCUT2D eigenvalue weighted by atomic mass is 9.81. The Balaban J connectivity index is 1.94. The monoisotopic (exact) mass is 339 g/mol. The molecule has 0 aromatic heterocycles. The maximum atomic E-state index is 12.9. The summed E-state index contributed by atoms with van der Waals surface area (Å²) in [7, 11) is -2.16. The van der Waals surface area contributed by atoms with Crippen LogP contribution in [0, 0.1) is 18.3 Å². The molecule has 2 aliphatic rings. The molecular weight excluding hydrogens is 318 g/mol. The van der Waals surface area contributed by atoms with Crippen LogP contribution in [0.1, 0.15) is 24.8 Å². The van der Waals surface area contributed by atoms with Crippen LogP contribution in [0.4, 0.5) is 0 Å². The number of hydrogen-bond donors (Lipinski definition) is 1. The lowest BCUT2D eigenvalue weighted by Crippen LogP contribution is -2.37. The molecule has 0 bridgehead atoms. The van der Waals surface area contributed by atoms with Crippen LogP contribution in [0.2, 0.25) is 0 Å². The van der Waals surface area contributed by atoms with Crippen LogP contribution in [-0.4, -0.2) is 44.0 Å². The standard InChI is InChI=1S/C16H21NO5S/c1-11-8-13(22-2)5-6-14(11)23(20,21)17-9-12-4-3-7-16(12,10-17)15(18)19/h5-6,8,12H,3-4,7,9-10H2,1-2H3,(H,18,19)/t12-,16+/m0/s1. The Bertz CT molecular complexity index is 745. The predicted molar refractivity (Wildman–Crippen MR) is 83.9 cm³/mol. The first-order valence-electron chi connectivity index (χ1n) is 7.69. The van der Waals surface area contributed by atoms with Crippen molar-refractivity contribution >= 4 is 16.0 Å². The largest absolute Gasteiger partial charge is 0.497 e. The second kappa shape index (κ2) is 5.49. The van der Waals surface area contributed by atoms with Crippen molar-refractivity contribution < 1.29 is 23.1 Å². The summed E-state index contributed by atoms with van der Waals surface area (Å²) in [6.45, 7) is 2.08. The van der Waals surface area contributed by atoms with Crippen LogP contribution in [-0.2, 0) is 14.8 Å². The number of rotatable bonds is 4. The first-order valence-corrected chi connectivity index (χ1v) is 9.13. The zero-order chi connectivity index (χ0) is 16.8. The summed E-state index contributed by atoms with van der Waals surface area (Å²) in [6, 6.07) is 4.82. The number of carboxylic acids is 1. The fourth-order valence-corrected chi connectivity index (χ4v) is 5.71. The molecule has 0 radical (unpaired) electrons. The summed E-state index contributed by atoms with van der Waals surface area (Å²) in [5, 5.41) is 9.61. The lowest BCUT2D eigenvalue weighted by Gasteiger charge is -2.23. The fourth-order valence-electron chi connectivity index (χ4n) is 3.95. The molecule has 1 aliphatic heterocycles. The van der Waals surface area contributed by atoms with Gasteiger partial charge in [-0.05, 0) is 49.4 Å². The average molecular weight is 339 g/mol. The van der Waals surface area contributed by atoms with Crippen LogP contribution >= 0.6 is 0 Å². The molecular formula is C16H21NO5S. The van der Waals surface area contributed by atoms with Crippen LogP contribution in [0.15, 0.2) is 23.1 Å². The number of carboxylic acid groups (broad SMARTS) is 1. The third-order valence-corrected chi connectivity index (χ3v) is 7.24. The molecule has 1 aliphatic carbocycles. The molecule has 1 saturated heterocycles. The quantitative estimate of drug-likeness (QED) is 0.905. The molecule has 126 valence electrons. The fraction of sp³-hybridized carbons (Fsp3) is 0.562. The minimum absolute atomic E-state index is 0.0702. The van der Waals surface area contributed by atoms with E-state index in [1.165, 1.54) is 17.5 Å². The number of nitrogens with zero attached hydrogens (tertiary/aromatic N) is 1. The van der Waals surface area contributed by atoms with E-state index >= 15 is 0 Å². The van der Waals surface area contributed by atoms with Gasteiger partial charge in [0.05, 0.1) is 17.4 Å². The Hall–Kier alpha value is -1.60. The van der Waals surface area contributed by atoms with E-state index in [1.807, 2.05) is 0 Å². The van der Waals surface area contributed by atoms with Crippen molar-refractivity contribution in [3.63, 3.8) is 0 Å². The molecule has 3 rings (SSSR count). The summed E-state index contributed by atoms with van der Waals surface area (Å²) in [5.41, 5.74) is -0.307. The van der Waals surface area contributed by atoms with Crippen molar-refractivity contribution in [1.29, 1.82) is 0 Å². The average Bonchev–Trinajstić information content (AvgIpc) is 3.04. The van der Waals surface area contributed by atoms with Gasteiger partial charge < -0.3 is 9.84 Å². The highest BCUT2D eigenvalue weighted by Gasteiger charge is 2.57.